The first kappa shape index (κ1) is 39.6. The highest BCUT2D eigenvalue weighted by molar-refractivity contribution is 6.02. The lowest BCUT2D eigenvalue weighted by Gasteiger charge is -2.35. The Morgan fingerprint density at radius 2 is 1.73 bits per heavy atom. The Bertz CT molecular complexity index is 3000. The van der Waals surface area contributed by atoms with Gasteiger partial charge in [0.05, 0.1) is 34.7 Å². The van der Waals surface area contributed by atoms with E-state index in [4.69, 9.17) is 14.4 Å². The van der Waals surface area contributed by atoms with Crippen LogP contribution in [0.15, 0.2) is 70.1 Å². The number of hydrogen-bond acceptors (Lipinski definition) is 8. The van der Waals surface area contributed by atoms with E-state index in [2.05, 4.69) is 64.8 Å². The Hall–Kier alpha value is -6.55. The van der Waals surface area contributed by atoms with Crippen molar-refractivity contribution < 1.29 is 23.2 Å². The SMILES string of the molecule is Cc1cc(-n2nc3c(c2NC(=O)Nc2ccc4c(cnn4C)c2)[C@H](C)N(C(=O)c2cc4cc([C@H]5CCOC(C)(C)C5)ccc4n2[C@@]2(c4noc(=O)[nH]4)C[C@@H]2C)CC3)cc(C)c1F. The summed E-state index contributed by atoms with van der Waals surface area (Å²) in [5.41, 5.74) is 5.72. The average molecular weight is 841 g/mol. The number of nitrogens with zero attached hydrogens (tertiary/aromatic N) is 7. The summed E-state index contributed by atoms with van der Waals surface area (Å²) in [5, 5.41) is 21.3. The smallest absolute Gasteiger partial charge is 0.376 e. The van der Waals surface area contributed by atoms with Crippen molar-refractivity contribution in [2.75, 3.05) is 23.8 Å². The third-order valence-corrected chi connectivity index (χ3v) is 13.4. The van der Waals surface area contributed by atoms with Gasteiger partial charge in [-0.05, 0) is 131 Å². The summed E-state index contributed by atoms with van der Waals surface area (Å²) in [7, 11) is 1.86. The van der Waals surface area contributed by atoms with Crippen molar-refractivity contribution in [2.24, 2.45) is 13.0 Å². The number of aromatic nitrogens is 7. The lowest BCUT2D eigenvalue weighted by molar-refractivity contribution is -0.0592. The predicted octanol–water partition coefficient (Wildman–Crippen LogP) is 8.01. The number of carbonyl (C=O) groups excluding carboxylic acids is 2. The van der Waals surface area contributed by atoms with Gasteiger partial charge in [0.15, 0.2) is 5.82 Å². The van der Waals surface area contributed by atoms with Gasteiger partial charge in [0.25, 0.3) is 5.91 Å². The van der Waals surface area contributed by atoms with E-state index in [1.54, 1.807) is 47.6 Å². The number of aryl methyl sites for hydroxylation is 3. The van der Waals surface area contributed by atoms with E-state index in [0.29, 0.717) is 83.0 Å². The predicted molar refractivity (Wildman–Crippen MR) is 231 cm³/mol. The second-order valence-corrected chi connectivity index (χ2v) is 18.0. The van der Waals surface area contributed by atoms with E-state index in [0.717, 1.165) is 34.6 Å². The van der Waals surface area contributed by atoms with Crippen molar-refractivity contribution in [1.82, 2.24) is 39.2 Å². The molecule has 0 bridgehead atoms. The van der Waals surface area contributed by atoms with Crippen molar-refractivity contribution in [3.63, 3.8) is 0 Å². The fraction of sp³-hybridized carbons (Fsp3) is 0.391. The molecule has 3 aliphatic rings. The zero-order valence-corrected chi connectivity index (χ0v) is 35.8. The second kappa shape index (κ2) is 14.3. The number of hydrogen-bond donors (Lipinski definition) is 3. The molecular formula is C46H49FN10O5. The van der Waals surface area contributed by atoms with Crippen molar-refractivity contribution in [3.8, 4) is 5.69 Å². The van der Waals surface area contributed by atoms with E-state index < -0.39 is 23.4 Å². The Morgan fingerprint density at radius 1 is 0.968 bits per heavy atom. The number of carbonyl (C=O) groups is 2. The van der Waals surface area contributed by atoms with Crippen LogP contribution >= 0.6 is 0 Å². The van der Waals surface area contributed by atoms with E-state index in [-0.39, 0.29) is 23.2 Å². The molecular weight excluding hydrogens is 792 g/mol. The maximum absolute atomic E-state index is 15.4. The number of amides is 3. The Morgan fingerprint density at radius 3 is 2.44 bits per heavy atom. The molecule has 2 fully saturated rings. The molecule has 16 heteroatoms. The van der Waals surface area contributed by atoms with Crippen LogP contribution in [-0.4, -0.2) is 69.9 Å². The van der Waals surface area contributed by atoms with Crippen LogP contribution in [0.1, 0.15) is 103 Å². The molecule has 320 valence electrons. The first-order valence-corrected chi connectivity index (χ1v) is 21.2. The third kappa shape index (κ3) is 6.41. The summed E-state index contributed by atoms with van der Waals surface area (Å²) in [6.07, 6.45) is 4.54. The highest BCUT2D eigenvalue weighted by Gasteiger charge is 2.59. The molecule has 4 aromatic heterocycles. The minimum atomic E-state index is -0.821. The normalized spacial score (nSPS) is 21.9. The maximum atomic E-state index is 15.4. The van der Waals surface area contributed by atoms with Gasteiger partial charge in [0.1, 0.15) is 22.9 Å². The summed E-state index contributed by atoms with van der Waals surface area (Å²) in [5.74, 6) is -0.136. The molecule has 3 aromatic carbocycles. The van der Waals surface area contributed by atoms with E-state index >= 15 is 4.79 Å². The molecule has 4 atom stereocenters. The van der Waals surface area contributed by atoms with Crippen LogP contribution in [-0.2, 0) is 23.7 Å². The topological polar surface area (TPSA) is 170 Å². The van der Waals surface area contributed by atoms with Crippen LogP contribution in [0.5, 0.6) is 0 Å². The number of aromatic amines is 1. The number of fused-ring (bicyclic) bond motifs is 3. The molecule has 1 saturated heterocycles. The third-order valence-electron chi connectivity index (χ3n) is 13.4. The van der Waals surface area contributed by atoms with Gasteiger partial charge in [-0.3, -0.25) is 24.3 Å². The number of ether oxygens (including phenoxy) is 1. The van der Waals surface area contributed by atoms with Gasteiger partial charge in [-0.1, -0.05) is 18.1 Å². The van der Waals surface area contributed by atoms with Gasteiger partial charge in [-0.25, -0.2) is 18.7 Å². The summed E-state index contributed by atoms with van der Waals surface area (Å²) in [6, 6.07) is 16.2. The molecule has 1 saturated carbocycles. The molecule has 0 unspecified atom stereocenters. The van der Waals surface area contributed by atoms with E-state index in [1.807, 2.05) is 41.6 Å². The van der Waals surface area contributed by atoms with Crippen molar-refractivity contribution in [2.45, 2.75) is 90.3 Å². The molecule has 62 heavy (non-hydrogen) atoms. The number of H-pyrrole nitrogens is 1. The van der Waals surface area contributed by atoms with Crippen molar-refractivity contribution >= 4 is 45.2 Å². The fourth-order valence-electron chi connectivity index (χ4n) is 10.1. The number of nitrogens with one attached hydrogen (secondary N) is 3. The van der Waals surface area contributed by atoms with Gasteiger partial charge in [-0.15, -0.1) is 0 Å². The van der Waals surface area contributed by atoms with Crippen molar-refractivity contribution in [1.29, 1.82) is 0 Å². The molecule has 6 heterocycles. The second-order valence-electron chi connectivity index (χ2n) is 18.0. The van der Waals surface area contributed by atoms with Gasteiger partial charge in [0.2, 0.25) is 0 Å². The van der Waals surface area contributed by atoms with E-state index in [9.17, 15) is 14.0 Å². The van der Waals surface area contributed by atoms with Crippen LogP contribution < -0.4 is 16.4 Å². The summed E-state index contributed by atoms with van der Waals surface area (Å²) < 4.78 is 31.5. The number of rotatable bonds is 7. The quantitative estimate of drug-likeness (QED) is 0.145. The first-order chi connectivity index (χ1) is 29.6. The first-order valence-electron chi connectivity index (χ1n) is 21.2. The van der Waals surface area contributed by atoms with Gasteiger partial charge in [0, 0.05) is 54.2 Å². The van der Waals surface area contributed by atoms with Crippen LogP contribution in [0.3, 0.4) is 0 Å². The van der Waals surface area contributed by atoms with Crippen LogP contribution in [0, 0.1) is 25.6 Å². The summed E-state index contributed by atoms with van der Waals surface area (Å²) in [4.78, 5) is 46.3. The molecule has 10 rings (SSSR count). The fourth-order valence-corrected chi connectivity index (χ4v) is 10.1. The highest BCUT2D eigenvalue weighted by atomic mass is 19.1. The number of urea groups is 1. The minimum absolute atomic E-state index is 0.0285. The summed E-state index contributed by atoms with van der Waals surface area (Å²) >= 11 is 0. The molecule has 3 N–H and O–H groups in total. The lowest BCUT2D eigenvalue weighted by Crippen LogP contribution is -2.41. The molecule has 0 radical (unpaired) electrons. The lowest BCUT2D eigenvalue weighted by atomic mass is 9.83. The molecule has 2 aliphatic heterocycles. The Balaban J connectivity index is 1.06. The molecule has 7 aromatic rings. The van der Waals surface area contributed by atoms with Crippen LogP contribution in [0.4, 0.5) is 20.7 Å². The number of halogens is 1. The molecule has 0 spiro atoms. The standard InChI is InChI=1S/C46H49FN10O5/c1-24-16-33(17-25(2)39(24)47)57-40(50-43(59)49-32-9-11-35-31(19-32)23-48-54(35)7)38-27(4)55(14-12-34(38)52-57)41(58)37-20-30-18-28(29-13-15-61-45(5,6)22-29)8-10-36(30)56(37)46(21-26(46)3)42-51-44(60)62-53-42/h8-11,16-20,23,26-27,29H,12-15,21-22H2,1-7H3,(H2,49,50,59)(H,51,53,60)/t26-,27-,29-,46-/m0/s1. The zero-order chi connectivity index (χ0) is 43.4. The van der Waals surface area contributed by atoms with Crippen LogP contribution in [0.25, 0.3) is 27.5 Å². The largest absolute Gasteiger partial charge is 0.438 e. The zero-order valence-electron chi connectivity index (χ0n) is 35.8. The van der Waals surface area contributed by atoms with Gasteiger partial charge < -0.3 is 19.5 Å². The maximum Gasteiger partial charge on any atom is 0.438 e. The van der Waals surface area contributed by atoms with Crippen molar-refractivity contribution in [3.05, 3.63) is 117 Å². The number of benzene rings is 3. The number of anilines is 2. The summed E-state index contributed by atoms with van der Waals surface area (Å²) in [6.45, 7) is 12.7. The highest BCUT2D eigenvalue weighted by Crippen LogP contribution is 2.56. The molecule has 3 amide bonds. The minimum Gasteiger partial charge on any atom is -0.376 e. The Labute approximate surface area is 356 Å². The van der Waals surface area contributed by atoms with Gasteiger partial charge >= 0.3 is 11.8 Å². The van der Waals surface area contributed by atoms with Crippen LogP contribution in [0.2, 0.25) is 0 Å². The van der Waals surface area contributed by atoms with E-state index in [1.165, 1.54) is 5.56 Å². The molecule has 1 aliphatic carbocycles. The molecule has 15 nitrogen and oxygen atoms in total. The monoisotopic (exact) mass is 840 g/mol. The van der Waals surface area contributed by atoms with Gasteiger partial charge in [-0.2, -0.15) is 10.2 Å². The Kier molecular flexibility index (Phi) is 9.10. The average Bonchev–Trinajstić information content (AvgIpc) is 3.70.